The van der Waals surface area contributed by atoms with Crippen LogP contribution in [0.15, 0.2) is 30.3 Å². The van der Waals surface area contributed by atoms with Gasteiger partial charge in [0.05, 0.1) is 19.1 Å². The average Bonchev–Trinajstić information content (AvgIpc) is 2.43. The predicted molar refractivity (Wildman–Crippen MR) is 92.6 cm³/mol. The van der Waals surface area contributed by atoms with Crippen LogP contribution in [0.1, 0.15) is 39.3 Å². The molecule has 0 aliphatic rings. The van der Waals surface area contributed by atoms with Gasteiger partial charge in [0.2, 0.25) is 11.8 Å². The van der Waals surface area contributed by atoms with E-state index in [1.807, 2.05) is 44.2 Å². The first-order valence-electron chi connectivity index (χ1n) is 8.14. The van der Waals surface area contributed by atoms with E-state index < -0.39 is 5.91 Å². The van der Waals surface area contributed by atoms with E-state index in [9.17, 15) is 9.59 Å². The molecular formula is C18H29N3O2. The summed E-state index contributed by atoms with van der Waals surface area (Å²) in [5.74, 6) is 0.129. The second-order valence-corrected chi connectivity index (χ2v) is 6.73. The number of carbonyl (C=O) groups excluding carboxylic acids is 2. The van der Waals surface area contributed by atoms with Gasteiger partial charge in [0.25, 0.3) is 0 Å². The van der Waals surface area contributed by atoms with Gasteiger partial charge in [-0.2, -0.15) is 0 Å². The molecule has 1 atom stereocenters. The Balaban J connectivity index is 2.72. The third-order valence-electron chi connectivity index (χ3n) is 3.51. The first-order chi connectivity index (χ1) is 10.8. The molecule has 3 N–H and O–H groups in total. The Bertz CT molecular complexity index is 500. The molecule has 5 nitrogen and oxygen atoms in total. The van der Waals surface area contributed by atoms with Gasteiger partial charge in [-0.05, 0) is 17.4 Å². The summed E-state index contributed by atoms with van der Waals surface area (Å²) in [6, 6.07) is 9.88. The first-order valence-corrected chi connectivity index (χ1v) is 8.14. The number of carbonyl (C=O) groups is 2. The van der Waals surface area contributed by atoms with E-state index in [1.165, 1.54) is 0 Å². The highest BCUT2D eigenvalue weighted by atomic mass is 16.2. The Kier molecular flexibility index (Phi) is 7.75. The molecule has 0 radical (unpaired) electrons. The monoisotopic (exact) mass is 319 g/mol. The van der Waals surface area contributed by atoms with Gasteiger partial charge in [-0.1, -0.05) is 58.0 Å². The van der Waals surface area contributed by atoms with E-state index >= 15 is 0 Å². The lowest BCUT2D eigenvalue weighted by Gasteiger charge is -2.26. The Labute approximate surface area is 139 Å². The number of nitrogens with two attached hydrogens (primary N) is 1. The summed E-state index contributed by atoms with van der Waals surface area (Å²) in [5.41, 5.74) is 6.36. The Morgan fingerprint density at radius 3 is 2.17 bits per heavy atom. The van der Waals surface area contributed by atoms with Crippen LogP contribution in [0.2, 0.25) is 0 Å². The van der Waals surface area contributed by atoms with Crippen LogP contribution in [-0.4, -0.2) is 36.3 Å². The Morgan fingerprint density at radius 1 is 1.09 bits per heavy atom. The zero-order chi connectivity index (χ0) is 17.4. The third kappa shape index (κ3) is 7.28. The number of rotatable bonds is 9. The van der Waals surface area contributed by atoms with Crippen molar-refractivity contribution in [3.8, 4) is 0 Å². The van der Waals surface area contributed by atoms with Crippen LogP contribution in [0.5, 0.6) is 0 Å². The molecular weight excluding hydrogens is 290 g/mol. The summed E-state index contributed by atoms with van der Waals surface area (Å²) in [6.07, 6.45) is 0. The van der Waals surface area contributed by atoms with Crippen molar-refractivity contribution in [2.45, 2.75) is 33.7 Å². The molecule has 0 saturated heterocycles. The van der Waals surface area contributed by atoms with Crippen LogP contribution in [0.25, 0.3) is 0 Å². The minimum atomic E-state index is -0.415. The summed E-state index contributed by atoms with van der Waals surface area (Å²) in [4.78, 5) is 25.4. The summed E-state index contributed by atoms with van der Waals surface area (Å²) in [5, 5.41) is 3.08. The number of nitrogens with zero attached hydrogens (tertiary/aromatic N) is 1. The quantitative estimate of drug-likeness (QED) is 0.730. The van der Waals surface area contributed by atoms with Crippen LogP contribution in [0.3, 0.4) is 0 Å². The highest BCUT2D eigenvalue weighted by Crippen LogP contribution is 2.21. The van der Waals surface area contributed by atoms with E-state index in [2.05, 4.69) is 19.2 Å². The second-order valence-electron chi connectivity index (χ2n) is 6.73. The standard InChI is InChI=1S/C18H29N3O2/c1-13(2)10-21(11-16(19)22)12-17(23)20-18(14(3)4)15-8-6-5-7-9-15/h5-9,13-14,18H,10-12H2,1-4H3,(H2,19,22)(H,20,23). The summed E-state index contributed by atoms with van der Waals surface area (Å²) in [6.45, 7) is 9.19. The van der Waals surface area contributed by atoms with Crippen LogP contribution < -0.4 is 11.1 Å². The van der Waals surface area contributed by atoms with Crippen LogP contribution in [0.4, 0.5) is 0 Å². The molecule has 1 rings (SSSR count). The van der Waals surface area contributed by atoms with E-state index in [1.54, 1.807) is 4.90 Å². The highest BCUT2D eigenvalue weighted by Gasteiger charge is 2.20. The van der Waals surface area contributed by atoms with E-state index in [0.29, 0.717) is 12.5 Å². The molecule has 128 valence electrons. The molecule has 5 heteroatoms. The van der Waals surface area contributed by atoms with Crippen molar-refractivity contribution < 1.29 is 9.59 Å². The maximum Gasteiger partial charge on any atom is 0.234 e. The molecule has 0 aromatic heterocycles. The number of hydrogen-bond donors (Lipinski definition) is 2. The summed E-state index contributed by atoms with van der Waals surface area (Å²) in [7, 11) is 0. The predicted octanol–water partition coefficient (Wildman–Crippen LogP) is 1.94. The zero-order valence-electron chi connectivity index (χ0n) is 14.6. The molecule has 0 bridgehead atoms. The Hall–Kier alpha value is -1.88. The molecule has 0 fully saturated rings. The van der Waals surface area contributed by atoms with Crippen LogP contribution in [0, 0.1) is 11.8 Å². The molecule has 0 aliphatic carbocycles. The molecule has 0 spiro atoms. The minimum absolute atomic E-state index is 0.0434. The fourth-order valence-corrected chi connectivity index (χ4v) is 2.64. The van der Waals surface area contributed by atoms with Gasteiger partial charge in [-0.25, -0.2) is 0 Å². The van der Waals surface area contributed by atoms with Gasteiger partial charge in [0, 0.05) is 6.54 Å². The minimum Gasteiger partial charge on any atom is -0.369 e. The molecule has 2 amide bonds. The van der Waals surface area contributed by atoms with Crippen molar-refractivity contribution in [2.24, 2.45) is 17.6 Å². The number of hydrogen-bond acceptors (Lipinski definition) is 3. The fourth-order valence-electron chi connectivity index (χ4n) is 2.64. The SMILES string of the molecule is CC(C)CN(CC(N)=O)CC(=O)NC(c1ccccc1)C(C)C. The third-order valence-corrected chi connectivity index (χ3v) is 3.51. The van der Waals surface area contributed by atoms with Gasteiger partial charge >= 0.3 is 0 Å². The summed E-state index contributed by atoms with van der Waals surface area (Å²) < 4.78 is 0. The largest absolute Gasteiger partial charge is 0.369 e. The van der Waals surface area contributed by atoms with Crippen LogP contribution in [-0.2, 0) is 9.59 Å². The van der Waals surface area contributed by atoms with Crippen molar-refractivity contribution in [3.05, 3.63) is 35.9 Å². The maximum absolute atomic E-state index is 12.4. The van der Waals surface area contributed by atoms with Crippen molar-refractivity contribution in [1.82, 2.24) is 10.2 Å². The Morgan fingerprint density at radius 2 is 1.70 bits per heavy atom. The summed E-state index contributed by atoms with van der Waals surface area (Å²) >= 11 is 0. The molecule has 1 unspecified atom stereocenters. The van der Waals surface area contributed by atoms with Crippen molar-refractivity contribution >= 4 is 11.8 Å². The number of amides is 2. The molecule has 0 saturated carbocycles. The van der Waals surface area contributed by atoms with Crippen molar-refractivity contribution in [2.75, 3.05) is 19.6 Å². The normalized spacial score (nSPS) is 12.7. The fraction of sp³-hybridized carbons (Fsp3) is 0.556. The van der Waals surface area contributed by atoms with Crippen molar-refractivity contribution in [1.29, 1.82) is 0 Å². The van der Waals surface area contributed by atoms with Gasteiger partial charge in [0.15, 0.2) is 0 Å². The van der Waals surface area contributed by atoms with Gasteiger partial charge in [-0.3, -0.25) is 14.5 Å². The molecule has 1 aromatic carbocycles. The lowest BCUT2D eigenvalue weighted by molar-refractivity contribution is -0.124. The molecule has 1 aromatic rings. The van der Waals surface area contributed by atoms with Gasteiger partial charge < -0.3 is 11.1 Å². The second kappa shape index (κ2) is 9.30. The first kappa shape index (κ1) is 19.2. The molecule has 0 heterocycles. The topological polar surface area (TPSA) is 75.4 Å². The number of nitrogens with one attached hydrogen (secondary N) is 1. The van der Waals surface area contributed by atoms with E-state index in [-0.39, 0.29) is 31.0 Å². The van der Waals surface area contributed by atoms with Crippen LogP contribution >= 0.6 is 0 Å². The number of primary amides is 1. The number of benzene rings is 1. The highest BCUT2D eigenvalue weighted by molar-refractivity contribution is 5.80. The molecule has 23 heavy (non-hydrogen) atoms. The van der Waals surface area contributed by atoms with Gasteiger partial charge in [-0.15, -0.1) is 0 Å². The van der Waals surface area contributed by atoms with Crippen molar-refractivity contribution in [3.63, 3.8) is 0 Å². The smallest absolute Gasteiger partial charge is 0.234 e. The van der Waals surface area contributed by atoms with Gasteiger partial charge in [0.1, 0.15) is 0 Å². The van der Waals surface area contributed by atoms with E-state index in [4.69, 9.17) is 5.73 Å². The lowest BCUT2D eigenvalue weighted by atomic mass is 9.96. The average molecular weight is 319 g/mol. The zero-order valence-corrected chi connectivity index (χ0v) is 14.6. The molecule has 0 aliphatic heterocycles. The lowest BCUT2D eigenvalue weighted by Crippen LogP contribution is -2.44. The maximum atomic E-state index is 12.4. The van der Waals surface area contributed by atoms with E-state index in [0.717, 1.165) is 5.56 Å².